The van der Waals surface area contributed by atoms with Crippen molar-refractivity contribution in [3.8, 4) is 11.1 Å². The summed E-state index contributed by atoms with van der Waals surface area (Å²) in [4.78, 5) is 40.6. The molecule has 1 fully saturated rings. The predicted molar refractivity (Wildman–Crippen MR) is 140 cm³/mol. The lowest BCUT2D eigenvalue weighted by Gasteiger charge is -2.40. The molecule has 1 atom stereocenters. The van der Waals surface area contributed by atoms with Crippen molar-refractivity contribution in [3.63, 3.8) is 0 Å². The predicted octanol–water partition coefficient (Wildman–Crippen LogP) is 4.96. The van der Waals surface area contributed by atoms with Crippen molar-refractivity contribution >= 4 is 41.0 Å². The van der Waals surface area contributed by atoms with Gasteiger partial charge in [-0.25, -0.2) is 0 Å². The lowest BCUT2D eigenvalue weighted by Crippen LogP contribution is -2.61. The van der Waals surface area contributed by atoms with Crippen molar-refractivity contribution in [1.82, 2.24) is 9.80 Å². The molecule has 0 saturated carbocycles. The van der Waals surface area contributed by atoms with E-state index in [1.807, 2.05) is 54.6 Å². The van der Waals surface area contributed by atoms with Crippen molar-refractivity contribution in [2.24, 2.45) is 0 Å². The number of hydrogen-bond acceptors (Lipinski definition) is 3. The zero-order valence-corrected chi connectivity index (χ0v) is 21.1. The van der Waals surface area contributed by atoms with Gasteiger partial charge in [-0.05, 0) is 47.2 Å². The first-order valence-electron chi connectivity index (χ1n) is 11.7. The molecule has 0 spiro atoms. The van der Waals surface area contributed by atoms with E-state index < -0.39 is 18.4 Å². The minimum atomic E-state index is -1.12. The van der Waals surface area contributed by atoms with Crippen molar-refractivity contribution < 1.29 is 19.5 Å². The summed E-state index contributed by atoms with van der Waals surface area (Å²) in [6.07, 6.45) is 0.517. The highest BCUT2D eigenvalue weighted by Crippen LogP contribution is 2.24. The Balaban J connectivity index is 1.42. The van der Waals surface area contributed by atoms with E-state index >= 15 is 0 Å². The molecule has 4 rings (SSSR count). The molecule has 3 aromatic rings. The minimum Gasteiger partial charge on any atom is -0.481 e. The maximum absolute atomic E-state index is 13.2. The molecule has 3 aromatic carbocycles. The Bertz CT molecular complexity index is 1250. The van der Waals surface area contributed by atoms with Crippen LogP contribution in [0.2, 0.25) is 10.0 Å². The number of carbonyl (C=O) groups excluding carboxylic acids is 2. The fourth-order valence-corrected chi connectivity index (χ4v) is 4.91. The molecule has 1 heterocycles. The number of amides is 2. The average Bonchev–Trinajstić information content (AvgIpc) is 2.86. The molecule has 0 bridgehead atoms. The second-order valence-electron chi connectivity index (χ2n) is 8.76. The topological polar surface area (TPSA) is 77.9 Å². The van der Waals surface area contributed by atoms with Crippen LogP contribution in [-0.2, 0) is 27.2 Å². The fourth-order valence-electron chi connectivity index (χ4n) is 4.41. The molecule has 2 amide bonds. The molecule has 6 nitrogen and oxygen atoms in total. The number of hydrogen-bond donors (Lipinski definition) is 1. The van der Waals surface area contributed by atoms with E-state index in [4.69, 9.17) is 23.2 Å². The lowest BCUT2D eigenvalue weighted by atomic mass is 10.0. The molecule has 0 aromatic heterocycles. The van der Waals surface area contributed by atoms with Gasteiger partial charge in [-0.2, -0.15) is 0 Å². The summed E-state index contributed by atoms with van der Waals surface area (Å²) in [5, 5.41) is 10.4. The zero-order valence-electron chi connectivity index (χ0n) is 19.6. The van der Waals surface area contributed by atoms with Crippen LogP contribution in [0.3, 0.4) is 0 Å². The van der Waals surface area contributed by atoms with Crippen LogP contribution in [0.25, 0.3) is 11.1 Å². The molecule has 0 radical (unpaired) electrons. The van der Waals surface area contributed by atoms with Crippen molar-refractivity contribution in [3.05, 3.63) is 94.0 Å². The van der Waals surface area contributed by atoms with Crippen molar-refractivity contribution in [2.45, 2.75) is 25.3 Å². The van der Waals surface area contributed by atoms with E-state index in [1.165, 1.54) is 9.80 Å². The van der Waals surface area contributed by atoms with Crippen LogP contribution in [0.15, 0.2) is 72.8 Å². The first-order chi connectivity index (χ1) is 17.3. The first kappa shape index (κ1) is 25.7. The third kappa shape index (κ3) is 6.25. The summed E-state index contributed by atoms with van der Waals surface area (Å²) in [7, 11) is 0. The second-order valence-corrected chi connectivity index (χ2v) is 9.60. The smallest absolute Gasteiger partial charge is 0.305 e. The van der Waals surface area contributed by atoms with Gasteiger partial charge in [0.25, 0.3) is 0 Å². The highest BCUT2D eigenvalue weighted by atomic mass is 35.5. The number of carboxylic acids is 1. The summed E-state index contributed by atoms with van der Waals surface area (Å²) < 4.78 is 0. The number of carboxylic acid groups (broad SMARTS) is 1. The molecule has 8 heteroatoms. The second kappa shape index (κ2) is 11.6. The molecule has 1 aliphatic heterocycles. The van der Waals surface area contributed by atoms with Gasteiger partial charge in [-0.15, -0.1) is 0 Å². The standard InChI is InChI=1S/C28H26Cl2N2O4/c29-23-11-10-22(24(30)16-23)13-14-31-18-26(33)32(25(28(31)36)17-27(34)35)15-12-19-6-8-21(9-7-19)20-4-2-1-3-5-20/h1-11,16,25H,12-15,17-18H2,(H,34,35). The first-order valence-corrected chi connectivity index (χ1v) is 12.5. The third-order valence-electron chi connectivity index (χ3n) is 6.36. The summed E-state index contributed by atoms with van der Waals surface area (Å²) in [6.45, 7) is 0.438. The van der Waals surface area contributed by atoms with Gasteiger partial charge in [0.1, 0.15) is 6.04 Å². The highest BCUT2D eigenvalue weighted by molar-refractivity contribution is 6.35. The number of nitrogens with zero attached hydrogens (tertiary/aromatic N) is 2. The quantitative estimate of drug-likeness (QED) is 0.429. The molecule has 1 aliphatic rings. The van der Waals surface area contributed by atoms with Gasteiger partial charge in [0.2, 0.25) is 11.8 Å². The number of rotatable bonds is 9. The summed E-state index contributed by atoms with van der Waals surface area (Å²) >= 11 is 12.2. The molecule has 186 valence electrons. The van der Waals surface area contributed by atoms with Crippen molar-refractivity contribution in [1.29, 1.82) is 0 Å². The number of piperazine rings is 1. The summed E-state index contributed by atoms with van der Waals surface area (Å²) in [5.74, 6) is -1.74. The van der Waals surface area contributed by atoms with Crippen molar-refractivity contribution in [2.75, 3.05) is 19.6 Å². The summed E-state index contributed by atoms with van der Waals surface area (Å²) in [5.41, 5.74) is 4.01. The fraction of sp³-hybridized carbons (Fsp3) is 0.250. The van der Waals surface area contributed by atoms with Gasteiger partial charge in [0.15, 0.2) is 0 Å². The Hall–Kier alpha value is -3.35. The van der Waals surface area contributed by atoms with Crippen LogP contribution in [0.1, 0.15) is 17.5 Å². The van der Waals surface area contributed by atoms with Crippen LogP contribution >= 0.6 is 23.2 Å². The number of benzene rings is 3. The van der Waals surface area contributed by atoms with E-state index in [0.717, 1.165) is 22.3 Å². The van der Waals surface area contributed by atoms with Gasteiger partial charge >= 0.3 is 5.97 Å². The molecule has 36 heavy (non-hydrogen) atoms. The summed E-state index contributed by atoms with van der Waals surface area (Å²) in [6, 6.07) is 22.1. The number of carbonyl (C=O) groups is 3. The normalized spacial score (nSPS) is 15.9. The van der Waals surface area contributed by atoms with Gasteiger partial charge in [-0.3, -0.25) is 14.4 Å². The Kier molecular flexibility index (Phi) is 8.28. The van der Waals surface area contributed by atoms with Crippen LogP contribution in [0, 0.1) is 0 Å². The van der Waals surface area contributed by atoms with Gasteiger partial charge in [-0.1, -0.05) is 83.9 Å². The van der Waals surface area contributed by atoms with Crippen LogP contribution < -0.4 is 0 Å². The Morgan fingerprint density at radius 2 is 1.58 bits per heavy atom. The maximum atomic E-state index is 13.2. The third-order valence-corrected chi connectivity index (χ3v) is 6.94. The van der Waals surface area contributed by atoms with Crippen LogP contribution in [0.5, 0.6) is 0 Å². The molecule has 1 unspecified atom stereocenters. The lowest BCUT2D eigenvalue weighted by molar-refractivity contribution is -0.159. The largest absolute Gasteiger partial charge is 0.481 e. The minimum absolute atomic E-state index is 0.0902. The van der Waals surface area contributed by atoms with Gasteiger partial charge in [0.05, 0.1) is 13.0 Å². The van der Waals surface area contributed by atoms with E-state index in [1.54, 1.807) is 18.2 Å². The van der Waals surface area contributed by atoms with E-state index in [-0.39, 0.29) is 31.4 Å². The maximum Gasteiger partial charge on any atom is 0.305 e. The molecule has 1 saturated heterocycles. The van der Waals surface area contributed by atoms with Crippen LogP contribution in [-0.4, -0.2) is 58.4 Å². The highest BCUT2D eigenvalue weighted by Gasteiger charge is 2.40. The Labute approximate surface area is 220 Å². The Morgan fingerprint density at radius 1 is 0.889 bits per heavy atom. The molecular weight excluding hydrogens is 499 g/mol. The average molecular weight is 525 g/mol. The van der Waals surface area contributed by atoms with Crippen LogP contribution in [0.4, 0.5) is 0 Å². The monoisotopic (exact) mass is 524 g/mol. The van der Waals surface area contributed by atoms with Gasteiger partial charge < -0.3 is 14.9 Å². The SMILES string of the molecule is O=C(O)CC1C(=O)N(CCc2ccc(Cl)cc2Cl)CC(=O)N1CCc1ccc(-c2ccccc2)cc1. The molecule has 1 N–H and O–H groups in total. The molecule has 0 aliphatic carbocycles. The van der Waals surface area contributed by atoms with E-state index in [9.17, 15) is 19.5 Å². The van der Waals surface area contributed by atoms with E-state index in [0.29, 0.717) is 22.9 Å². The van der Waals surface area contributed by atoms with Gasteiger partial charge in [0, 0.05) is 23.1 Å². The number of aliphatic carboxylic acids is 1. The Morgan fingerprint density at radius 3 is 2.25 bits per heavy atom. The van der Waals surface area contributed by atoms with E-state index in [2.05, 4.69) is 0 Å². The molecular formula is C28H26Cl2N2O4. The zero-order chi connectivity index (χ0) is 25.7. The number of halogens is 2.